The molecule has 3 aromatic rings. The van der Waals surface area contributed by atoms with Crippen LogP contribution < -0.4 is 5.73 Å². The second-order valence-electron chi connectivity index (χ2n) is 3.50. The number of hydrogen-bond donors (Lipinski definition) is 1. The lowest BCUT2D eigenvalue weighted by Crippen LogP contribution is -2.01. The quantitative estimate of drug-likeness (QED) is 0.712. The van der Waals surface area contributed by atoms with Crippen LogP contribution in [0.15, 0.2) is 36.9 Å². The highest BCUT2D eigenvalue weighted by molar-refractivity contribution is 6.34. The van der Waals surface area contributed by atoms with Gasteiger partial charge in [-0.25, -0.2) is 15.0 Å². The zero-order chi connectivity index (χ0) is 11.8. The van der Waals surface area contributed by atoms with Gasteiger partial charge in [-0.15, -0.1) is 0 Å². The summed E-state index contributed by atoms with van der Waals surface area (Å²) >= 11 is 6.09. The lowest BCUT2D eigenvalue weighted by atomic mass is 10.3. The third kappa shape index (κ3) is 1.52. The summed E-state index contributed by atoms with van der Waals surface area (Å²) in [7, 11) is 0. The number of nitrogen functional groups attached to an aromatic ring is 1. The molecular formula is C11H8ClN5. The minimum absolute atomic E-state index is 0.259. The predicted molar refractivity (Wildman–Crippen MR) is 66.1 cm³/mol. The van der Waals surface area contributed by atoms with Gasteiger partial charge in [0, 0.05) is 0 Å². The molecule has 0 atom stereocenters. The predicted octanol–water partition coefficient (Wildman–Crippen LogP) is 2.05. The first-order valence-electron chi connectivity index (χ1n) is 4.96. The number of anilines is 1. The molecule has 3 rings (SSSR count). The maximum Gasteiger partial charge on any atom is 0.162 e. The Morgan fingerprint density at radius 2 is 1.94 bits per heavy atom. The molecule has 0 saturated carbocycles. The van der Waals surface area contributed by atoms with E-state index in [2.05, 4.69) is 15.0 Å². The van der Waals surface area contributed by atoms with Crippen molar-refractivity contribution in [1.82, 2.24) is 19.5 Å². The molecule has 6 heteroatoms. The Bertz CT molecular complexity index is 691. The van der Waals surface area contributed by atoms with Crippen molar-refractivity contribution in [2.75, 3.05) is 5.73 Å². The SMILES string of the molecule is Nc1ncnc(-n2cnc3ccccc32)c1Cl. The van der Waals surface area contributed by atoms with Crippen LogP contribution in [0.5, 0.6) is 0 Å². The number of aromatic nitrogens is 4. The molecule has 0 aliphatic rings. The smallest absolute Gasteiger partial charge is 0.162 e. The van der Waals surface area contributed by atoms with Gasteiger partial charge in [-0.1, -0.05) is 23.7 Å². The largest absolute Gasteiger partial charge is 0.382 e. The van der Waals surface area contributed by atoms with Crippen LogP contribution in [-0.2, 0) is 0 Å². The fourth-order valence-corrected chi connectivity index (χ4v) is 1.86. The maximum atomic E-state index is 6.09. The van der Waals surface area contributed by atoms with Crippen molar-refractivity contribution >= 4 is 28.5 Å². The first kappa shape index (κ1) is 10.0. The molecule has 2 heterocycles. The van der Waals surface area contributed by atoms with Crippen molar-refractivity contribution in [3.63, 3.8) is 0 Å². The van der Waals surface area contributed by atoms with Crippen LogP contribution in [0.1, 0.15) is 0 Å². The summed E-state index contributed by atoms with van der Waals surface area (Å²) in [5, 5.41) is 0.329. The third-order valence-corrected chi connectivity index (χ3v) is 2.84. The van der Waals surface area contributed by atoms with Gasteiger partial charge in [0.15, 0.2) is 5.82 Å². The molecular weight excluding hydrogens is 238 g/mol. The molecule has 0 fully saturated rings. The van der Waals surface area contributed by atoms with Crippen molar-refractivity contribution in [3.05, 3.63) is 41.9 Å². The van der Waals surface area contributed by atoms with Crippen molar-refractivity contribution < 1.29 is 0 Å². The molecule has 1 aromatic carbocycles. The van der Waals surface area contributed by atoms with E-state index in [-0.39, 0.29) is 5.82 Å². The number of para-hydroxylation sites is 2. The van der Waals surface area contributed by atoms with E-state index in [0.29, 0.717) is 10.8 Å². The maximum absolute atomic E-state index is 6.09. The van der Waals surface area contributed by atoms with E-state index in [9.17, 15) is 0 Å². The second-order valence-corrected chi connectivity index (χ2v) is 3.88. The molecule has 17 heavy (non-hydrogen) atoms. The molecule has 0 bridgehead atoms. The highest BCUT2D eigenvalue weighted by atomic mass is 35.5. The first-order chi connectivity index (χ1) is 8.27. The molecule has 0 spiro atoms. The Kier molecular flexibility index (Phi) is 2.19. The molecule has 0 aliphatic carbocycles. The van der Waals surface area contributed by atoms with Gasteiger partial charge in [0.05, 0.1) is 11.0 Å². The van der Waals surface area contributed by atoms with Crippen molar-refractivity contribution in [2.24, 2.45) is 0 Å². The molecule has 5 nitrogen and oxygen atoms in total. The molecule has 0 amide bonds. The van der Waals surface area contributed by atoms with Gasteiger partial charge in [-0.3, -0.25) is 4.57 Å². The van der Waals surface area contributed by atoms with E-state index in [4.69, 9.17) is 17.3 Å². The van der Waals surface area contributed by atoms with E-state index in [1.807, 2.05) is 24.3 Å². The summed E-state index contributed by atoms with van der Waals surface area (Å²) in [6.45, 7) is 0. The van der Waals surface area contributed by atoms with Crippen LogP contribution in [0.2, 0.25) is 5.02 Å². The van der Waals surface area contributed by atoms with Crippen molar-refractivity contribution in [1.29, 1.82) is 0 Å². The van der Waals surface area contributed by atoms with E-state index >= 15 is 0 Å². The van der Waals surface area contributed by atoms with Crippen LogP contribution >= 0.6 is 11.6 Å². The summed E-state index contributed by atoms with van der Waals surface area (Å²) in [6, 6.07) is 7.72. The molecule has 0 aliphatic heterocycles. The highest BCUT2D eigenvalue weighted by Gasteiger charge is 2.11. The highest BCUT2D eigenvalue weighted by Crippen LogP contribution is 2.25. The van der Waals surface area contributed by atoms with Gasteiger partial charge in [-0.2, -0.15) is 0 Å². The summed E-state index contributed by atoms with van der Waals surface area (Å²) < 4.78 is 1.79. The van der Waals surface area contributed by atoms with Crippen LogP contribution in [0, 0.1) is 0 Å². The molecule has 0 radical (unpaired) electrons. The summed E-state index contributed by atoms with van der Waals surface area (Å²) in [5.74, 6) is 0.794. The number of hydrogen-bond acceptors (Lipinski definition) is 4. The molecule has 2 N–H and O–H groups in total. The molecule has 2 aromatic heterocycles. The van der Waals surface area contributed by atoms with E-state index in [0.717, 1.165) is 11.0 Å². The topological polar surface area (TPSA) is 69.6 Å². The zero-order valence-corrected chi connectivity index (χ0v) is 9.46. The van der Waals surface area contributed by atoms with E-state index in [1.54, 1.807) is 10.9 Å². The normalized spacial score (nSPS) is 10.9. The van der Waals surface area contributed by atoms with Crippen molar-refractivity contribution in [2.45, 2.75) is 0 Å². The van der Waals surface area contributed by atoms with Gasteiger partial charge in [0.2, 0.25) is 0 Å². The lowest BCUT2D eigenvalue weighted by molar-refractivity contribution is 0.999. The summed E-state index contributed by atoms with van der Waals surface area (Å²) in [5.41, 5.74) is 7.45. The Hall–Kier alpha value is -2.14. The average Bonchev–Trinajstić information content (AvgIpc) is 2.77. The van der Waals surface area contributed by atoms with Gasteiger partial charge >= 0.3 is 0 Å². The summed E-state index contributed by atoms with van der Waals surface area (Å²) in [4.78, 5) is 12.2. The zero-order valence-electron chi connectivity index (χ0n) is 8.71. The fraction of sp³-hybridized carbons (Fsp3) is 0. The Morgan fingerprint density at radius 1 is 1.12 bits per heavy atom. The number of imidazole rings is 1. The number of nitrogens with two attached hydrogens (primary N) is 1. The number of fused-ring (bicyclic) bond motifs is 1. The average molecular weight is 246 g/mol. The lowest BCUT2D eigenvalue weighted by Gasteiger charge is -2.06. The minimum atomic E-state index is 0.259. The molecule has 0 saturated heterocycles. The van der Waals surface area contributed by atoms with E-state index in [1.165, 1.54) is 6.33 Å². The standard InChI is InChI=1S/C11H8ClN5/c12-9-10(13)14-5-15-11(9)17-6-16-7-3-1-2-4-8(7)17/h1-6H,(H2,13,14,15). The van der Waals surface area contributed by atoms with Gasteiger partial charge < -0.3 is 5.73 Å². The number of nitrogens with zero attached hydrogens (tertiary/aromatic N) is 4. The van der Waals surface area contributed by atoms with Crippen LogP contribution in [0.3, 0.4) is 0 Å². The fourth-order valence-electron chi connectivity index (χ4n) is 1.67. The van der Waals surface area contributed by atoms with Crippen LogP contribution in [-0.4, -0.2) is 19.5 Å². The molecule has 84 valence electrons. The van der Waals surface area contributed by atoms with Gasteiger partial charge in [-0.05, 0) is 12.1 Å². The minimum Gasteiger partial charge on any atom is -0.382 e. The first-order valence-corrected chi connectivity index (χ1v) is 5.33. The Morgan fingerprint density at radius 3 is 2.82 bits per heavy atom. The number of halogens is 1. The monoisotopic (exact) mass is 245 g/mol. The van der Waals surface area contributed by atoms with Crippen molar-refractivity contribution in [3.8, 4) is 5.82 Å². The van der Waals surface area contributed by atoms with E-state index < -0.39 is 0 Å². The van der Waals surface area contributed by atoms with Gasteiger partial charge in [0.1, 0.15) is 23.5 Å². The van der Waals surface area contributed by atoms with Crippen LogP contribution in [0.25, 0.3) is 16.9 Å². The van der Waals surface area contributed by atoms with Gasteiger partial charge in [0.25, 0.3) is 0 Å². The Balaban J connectivity index is 2.31. The van der Waals surface area contributed by atoms with Crippen LogP contribution in [0.4, 0.5) is 5.82 Å². The number of benzene rings is 1. The summed E-state index contributed by atoms with van der Waals surface area (Å²) in [6.07, 6.45) is 3.05. The number of rotatable bonds is 1. The Labute approximate surface area is 102 Å². The molecule has 0 unspecified atom stereocenters. The third-order valence-electron chi connectivity index (χ3n) is 2.48. The second kappa shape index (κ2) is 3.71.